The largest absolute Gasteiger partial charge is 0.380 e. The van der Waals surface area contributed by atoms with Gasteiger partial charge in [0.2, 0.25) is 11.8 Å². The molecule has 1 saturated heterocycles. The summed E-state index contributed by atoms with van der Waals surface area (Å²) < 4.78 is 5.48. The third-order valence-corrected chi connectivity index (χ3v) is 4.37. The van der Waals surface area contributed by atoms with E-state index >= 15 is 0 Å². The molecule has 2 atom stereocenters. The lowest BCUT2D eigenvalue weighted by atomic mass is 9.89. The van der Waals surface area contributed by atoms with Crippen molar-refractivity contribution in [3.05, 3.63) is 0 Å². The normalized spacial score (nSPS) is 30.6. The van der Waals surface area contributed by atoms with E-state index in [9.17, 15) is 9.59 Å². The molecule has 20 heavy (non-hydrogen) atoms. The van der Waals surface area contributed by atoms with Crippen molar-refractivity contribution in [1.29, 1.82) is 0 Å². The third kappa shape index (κ3) is 2.82. The minimum absolute atomic E-state index is 0.0167. The number of carbonyl (C=O) groups excluding carboxylic acids is 2. The number of carbonyl (C=O) groups is 2. The number of hydrogen-bond acceptors (Lipinski definition) is 3. The van der Waals surface area contributed by atoms with E-state index in [1.54, 1.807) is 4.90 Å². The Morgan fingerprint density at radius 1 is 1.30 bits per heavy atom. The maximum absolute atomic E-state index is 12.8. The summed E-state index contributed by atoms with van der Waals surface area (Å²) in [5, 5.41) is 2.97. The zero-order valence-corrected chi connectivity index (χ0v) is 12.8. The van der Waals surface area contributed by atoms with Gasteiger partial charge in [-0.3, -0.25) is 9.59 Å². The minimum Gasteiger partial charge on any atom is -0.380 e. The van der Waals surface area contributed by atoms with Crippen molar-refractivity contribution in [3.8, 4) is 0 Å². The summed E-state index contributed by atoms with van der Waals surface area (Å²) in [5.41, 5.74) is -0.701. The van der Waals surface area contributed by atoms with Crippen LogP contribution in [0.2, 0.25) is 0 Å². The lowest BCUT2D eigenvalue weighted by molar-refractivity contribution is -0.156. The second kappa shape index (κ2) is 6.12. The number of rotatable bonds is 7. The molecule has 5 heteroatoms. The van der Waals surface area contributed by atoms with Crippen molar-refractivity contribution in [2.24, 2.45) is 5.92 Å². The molecule has 2 amide bonds. The fourth-order valence-electron chi connectivity index (χ4n) is 2.98. The Balaban J connectivity index is 2.06. The first-order valence-electron chi connectivity index (χ1n) is 7.75. The van der Waals surface area contributed by atoms with Gasteiger partial charge in [-0.2, -0.15) is 0 Å². The van der Waals surface area contributed by atoms with E-state index in [4.69, 9.17) is 4.74 Å². The minimum atomic E-state index is -0.701. The fraction of sp³-hybridized carbons (Fsp3) is 0.867. The summed E-state index contributed by atoms with van der Waals surface area (Å²) >= 11 is 0. The first-order valence-corrected chi connectivity index (χ1v) is 7.75. The monoisotopic (exact) mass is 282 g/mol. The van der Waals surface area contributed by atoms with E-state index in [1.807, 2.05) is 13.8 Å². The highest BCUT2D eigenvalue weighted by Crippen LogP contribution is 2.42. The van der Waals surface area contributed by atoms with Gasteiger partial charge in [-0.1, -0.05) is 13.8 Å². The van der Waals surface area contributed by atoms with Gasteiger partial charge in [0.05, 0.1) is 6.61 Å². The molecule has 2 fully saturated rings. The molecule has 5 nitrogen and oxygen atoms in total. The van der Waals surface area contributed by atoms with Crippen molar-refractivity contribution >= 4 is 11.8 Å². The van der Waals surface area contributed by atoms with Crippen molar-refractivity contribution in [2.45, 2.75) is 58.0 Å². The summed E-state index contributed by atoms with van der Waals surface area (Å²) in [4.78, 5) is 26.8. The van der Waals surface area contributed by atoms with Gasteiger partial charge in [-0.25, -0.2) is 0 Å². The predicted molar refractivity (Wildman–Crippen MR) is 76.2 cm³/mol. The molecule has 0 aromatic carbocycles. The molecule has 1 aliphatic carbocycles. The average Bonchev–Trinajstić information content (AvgIpc) is 3.24. The third-order valence-electron chi connectivity index (χ3n) is 4.37. The van der Waals surface area contributed by atoms with Crippen LogP contribution in [0.3, 0.4) is 0 Å². The standard InChI is InChI=1S/C15H26N2O3/c1-4-9-20-10-8-17-12(5-2)13(18)16-15(3,14(17)19)11-6-7-11/h11-12H,4-10H2,1-3H3,(H,16,18). The predicted octanol–water partition coefficient (Wildman–Crippen LogP) is 1.32. The quantitative estimate of drug-likeness (QED) is 0.716. The lowest BCUT2D eigenvalue weighted by Gasteiger charge is -2.44. The Labute approximate surface area is 121 Å². The SMILES string of the molecule is CCCOCCN1C(=O)C(C)(C2CC2)NC(=O)C1CC. The van der Waals surface area contributed by atoms with Crippen LogP contribution >= 0.6 is 0 Å². The van der Waals surface area contributed by atoms with Crippen LogP contribution in [0.1, 0.15) is 46.5 Å². The topological polar surface area (TPSA) is 58.6 Å². The number of amides is 2. The van der Waals surface area contributed by atoms with Crippen molar-refractivity contribution in [1.82, 2.24) is 10.2 Å². The molecule has 1 heterocycles. The Kier molecular flexibility index (Phi) is 4.68. The van der Waals surface area contributed by atoms with Gasteiger partial charge >= 0.3 is 0 Å². The van der Waals surface area contributed by atoms with Crippen LogP contribution in [0.4, 0.5) is 0 Å². The number of nitrogens with one attached hydrogen (secondary N) is 1. The molecule has 1 N–H and O–H groups in total. The van der Waals surface area contributed by atoms with Crippen molar-refractivity contribution in [3.63, 3.8) is 0 Å². The van der Waals surface area contributed by atoms with E-state index in [0.717, 1.165) is 19.3 Å². The number of hydrogen-bond donors (Lipinski definition) is 1. The van der Waals surface area contributed by atoms with Gasteiger partial charge in [-0.05, 0) is 38.5 Å². The second-order valence-electron chi connectivity index (χ2n) is 6.00. The molecule has 2 rings (SSSR count). The van der Waals surface area contributed by atoms with Gasteiger partial charge in [-0.15, -0.1) is 0 Å². The van der Waals surface area contributed by atoms with Crippen LogP contribution < -0.4 is 5.32 Å². The zero-order valence-electron chi connectivity index (χ0n) is 12.8. The number of piperazine rings is 1. The summed E-state index contributed by atoms with van der Waals surface area (Å²) in [6.07, 6.45) is 3.66. The highest BCUT2D eigenvalue weighted by molar-refractivity contribution is 6.00. The molecule has 1 aliphatic heterocycles. The van der Waals surface area contributed by atoms with Crippen molar-refractivity contribution < 1.29 is 14.3 Å². The molecule has 0 radical (unpaired) electrons. The molecule has 2 unspecified atom stereocenters. The number of nitrogens with zero attached hydrogens (tertiary/aromatic N) is 1. The fourth-order valence-corrected chi connectivity index (χ4v) is 2.98. The van der Waals surface area contributed by atoms with E-state index in [0.29, 0.717) is 32.1 Å². The second-order valence-corrected chi connectivity index (χ2v) is 6.00. The van der Waals surface area contributed by atoms with Crippen LogP contribution in [0.25, 0.3) is 0 Å². The Hall–Kier alpha value is -1.10. The Bertz CT molecular complexity index is 381. The van der Waals surface area contributed by atoms with Gasteiger partial charge in [0.15, 0.2) is 0 Å². The molecule has 0 bridgehead atoms. The molecule has 0 aromatic rings. The summed E-state index contributed by atoms with van der Waals surface area (Å²) in [6, 6.07) is -0.348. The average molecular weight is 282 g/mol. The van der Waals surface area contributed by atoms with Gasteiger partial charge in [0, 0.05) is 13.2 Å². The summed E-state index contributed by atoms with van der Waals surface area (Å²) in [5.74, 6) is 0.347. The van der Waals surface area contributed by atoms with Crippen LogP contribution in [0, 0.1) is 5.92 Å². The Morgan fingerprint density at radius 2 is 2.00 bits per heavy atom. The van der Waals surface area contributed by atoms with E-state index in [1.165, 1.54) is 0 Å². The van der Waals surface area contributed by atoms with Gasteiger partial charge < -0.3 is 15.0 Å². The van der Waals surface area contributed by atoms with Crippen LogP contribution in [0.5, 0.6) is 0 Å². The molecular formula is C15H26N2O3. The molecular weight excluding hydrogens is 256 g/mol. The van der Waals surface area contributed by atoms with Crippen LogP contribution in [0.15, 0.2) is 0 Å². The summed E-state index contributed by atoms with van der Waals surface area (Å²) in [7, 11) is 0. The first kappa shape index (κ1) is 15.3. The van der Waals surface area contributed by atoms with E-state index < -0.39 is 5.54 Å². The highest BCUT2D eigenvalue weighted by atomic mass is 16.5. The maximum Gasteiger partial charge on any atom is 0.249 e. The summed E-state index contributed by atoms with van der Waals surface area (Å²) in [6.45, 7) is 7.58. The smallest absolute Gasteiger partial charge is 0.249 e. The van der Waals surface area contributed by atoms with E-state index in [-0.39, 0.29) is 17.9 Å². The van der Waals surface area contributed by atoms with E-state index in [2.05, 4.69) is 12.2 Å². The highest BCUT2D eigenvalue weighted by Gasteiger charge is 2.54. The van der Waals surface area contributed by atoms with Gasteiger partial charge in [0.1, 0.15) is 11.6 Å². The lowest BCUT2D eigenvalue weighted by Crippen LogP contribution is -2.70. The van der Waals surface area contributed by atoms with Gasteiger partial charge in [0.25, 0.3) is 0 Å². The molecule has 0 aromatic heterocycles. The van der Waals surface area contributed by atoms with Crippen LogP contribution in [-0.2, 0) is 14.3 Å². The van der Waals surface area contributed by atoms with Crippen LogP contribution in [-0.4, -0.2) is 48.1 Å². The maximum atomic E-state index is 12.8. The van der Waals surface area contributed by atoms with Crippen molar-refractivity contribution in [2.75, 3.05) is 19.8 Å². The molecule has 2 aliphatic rings. The molecule has 1 saturated carbocycles. The number of ether oxygens (including phenoxy) is 1. The molecule has 0 spiro atoms. The zero-order chi connectivity index (χ0) is 14.8. The molecule has 114 valence electrons. The Morgan fingerprint density at radius 3 is 2.55 bits per heavy atom. The first-order chi connectivity index (χ1) is 9.54.